The van der Waals surface area contributed by atoms with Crippen molar-refractivity contribution in [2.75, 3.05) is 5.75 Å². The molecule has 0 bridgehead atoms. The number of carboxylic acids is 1. The Bertz CT molecular complexity index is 537. The second-order valence-corrected chi connectivity index (χ2v) is 6.94. The third kappa shape index (κ3) is 6.08. The lowest BCUT2D eigenvalue weighted by atomic mass is 10.0. The van der Waals surface area contributed by atoms with Gasteiger partial charge in [-0.05, 0) is 38.0 Å². The molecule has 1 unspecified atom stereocenters. The SMILES string of the molecule is CCC(C)(C)NC(=O)CS(=O)c1ccc(CC(=O)O)cc1. The predicted octanol–water partition coefficient (Wildman–Crippen LogP) is 1.73. The maximum atomic E-state index is 12.1. The number of carbonyl (C=O) groups is 2. The summed E-state index contributed by atoms with van der Waals surface area (Å²) >= 11 is 0. The quantitative estimate of drug-likeness (QED) is 0.803. The molecular weight excluding hydrogens is 290 g/mol. The normalized spacial score (nSPS) is 12.7. The molecule has 5 nitrogen and oxygen atoms in total. The van der Waals surface area contributed by atoms with Crippen LogP contribution in [0.4, 0.5) is 0 Å². The van der Waals surface area contributed by atoms with Crippen LogP contribution in [0.3, 0.4) is 0 Å². The highest BCUT2D eigenvalue weighted by atomic mass is 32.2. The number of hydrogen-bond acceptors (Lipinski definition) is 3. The third-order valence-corrected chi connectivity index (χ3v) is 4.49. The summed E-state index contributed by atoms with van der Waals surface area (Å²) in [4.78, 5) is 22.9. The molecule has 0 aliphatic rings. The van der Waals surface area contributed by atoms with E-state index < -0.39 is 16.8 Å². The van der Waals surface area contributed by atoms with Gasteiger partial charge in [0, 0.05) is 10.4 Å². The van der Waals surface area contributed by atoms with Crippen LogP contribution >= 0.6 is 0 Å². The second kappa shape index (κ2) is 7.36. The largest absolute Gasteiger partial charge is 0.481 e. The molecule has 0 aliphatic heterocycles. The molecule has 0 fully saturated rings. The molecule has 1 aromatic carbocycles. The lowest BCUT2D eigenvalue weighted by Crippen LogP contribution is -2.44. The van der Waals surface area contributed by atoms with Gasteiger partial charge in [-0.3, -0.25) is 13.8 Å². The van der Waals surface area contributed by atoms with Crippen molar-refractivity contribution >= 4 is 22.7 Å². The van der Waals surface area contributed by atoms with Crippen molar-refractivity contribution in [2.45, 2.75) is 44.0 Å². The highest BCUT2D eigenvalue weighted by Crippen LogP contribution is 2.11. The Balaban J connectivity index is 2.63. The standard InChI is InChI=1S/C15H21NO4S/c1-4-15(2,3)16-13(17)10-21(20)12-7-5-11(6-8-12)9-14(18)19/h5-8H,4,9-10H2,1-3H3,(H,16,17)(H,18,19). The van der Waals surface area contributed by atoms with Crippen molar-refractivity contribution in [1.29, 1.82) is 0 Å². The Morgan fingerprint density at radius 2 is 1.81 bits per heavy atom. The van der Waals surface area contributed by atoms with Crippen LogP contribution in [-0.2, 0) is 26.8 Å². The van der Waals surface area contributed by atoms with Crippen molar-refractivity contribution in [1.82, 2.24) is 5.32 Å². The van der Waals surface area contributed by atoms with E-state index in [4.69, 9.17) is 5.11 Å². The second-order valence-electron chi connectivity index (χ2n) is 5.49. The zero-order valence-electron chi connectivity index (χ0n) is 12.5. The lowest BCUT2D eigenvalue weighted by Gasteiger charge is -2.24. The van der Waals surface area contributed by atoms with Crippen LogP contribution in [-0.4, -0.2) is 32.5 Å². The summed E-state index contributed by atoms with van der Waals surface area (Å²) in [5.41, 5.74) is 0.326. The third-order valence-electron chi connectivity index (χ3n) is 3.17. The highest BCUT2D eigenvalue weighted by molar-refractivity contribution is 7.85. The van der Waals surface area contributed by atoms with Crippen LogP contribution in [0, 0.1) is 0 Å². The number of carboxylic acid groups (broad SMARTS) is 1. The number of hydrogen-bond donors (Lipinski definition) is 2. The highest BCUT2D eigenvalue weighted by Gasteiger charge is 2.19. The van der Waals surface area contributed by atoms with Crippen LogP contribution in [0.1, 0.15) is 32.8 Å². The van der Waals surface area contributed by atoms with Gasteiger partial charge in [0.25, 0.3) is 0 Å². The van der Waals surface area contributed by atoms with Gasteiger partial charge in [0.15, 0.2) is 0 Å². The van der Waals surface area contributed by atoms with E-state index in [2.05, 4.69) is 5.32 Å². The van der Waals surface area contributed by atoms with E-state index in [1.807, 2.05) is 20.8 Å². The molecule has 1 amide bonds. The molecule has 2 N–H and O–H groups in total. The molecule has 116 valence electrons. The molecule has 0 heterocycles. The number of amides is 1. The average Bonchev–Trinajstić information content (AvgIpc) is 2.38. The molecule has 0 saturated carbocycles. The van der Waals surface area contributed by atoms with Gasteiger partial charge in [-0.25, -0.2) is 0 Å². The van der Waals surface area contributed by atoms with Gasteiger partial charge < -0.3 is 10.4 Å². The topological polar surface area (TPSA) is 83.5 Å². The first-order valence-corrected chi connectivity index (χ1v) is 8.05. The molecule has 1 rings (SSSR count). The van der Waals surface area contributed by atoms with Crippen molar-refractivity contribution < 1.29 is 18.9 Å². The van der Waals surface area contributed by atoms with Crippen molar-refractivity contribution in [3.8, 4) is 0 Å². The van der Waals surface area contributed by atoms with Gasteiger partial charge >= 0.3 is 5.97 Å². The van der Waals surface area contributed by atoms with Gasteiger partial charge in [0.1, 0.15) is 5.75 Å². The monoisotopic (exact) mass is 311 g/mol. The molecule has 1 aromatic rings. The molecular formula is C15H21NO4S. The predicted molar refractivity (Wildman–Crippen MR) is 81.6 cm³/mol. The van der Waals surface area contributed by atoms with Crippen LogP contribution < -0.4 is 5.32 Å². The molecule has 0 saturated heterocycles. The van der Waals surface area contributed by atoms with Crippen LogP contribution in [0.5, 0.6) is 0 Å². The first-order chi connectivity index (χ1) is 9.73. The minimum absolute atomic E-state index is 0.0713. The summed E-state index contributed by atoms with van der Waals surface area (Å²) in [6.45, 7) is 5.79. The Morgan fingerprint density at radius 1 is 1.24 bits per heavy atom. The summed E-state index contributed by atoms with van der Waals surface area (Å²) in [5.74, 6) is -1.26. The number of carbonyl (C=O) groups excluding carboxylic acids is 1. The van der Waals surface area contributed by atoms with Gasteiger partial charge in [-0.1, -0.05) is 19.1 Å². The number of benzene rings is 1. The van der Waals surface area contributed by atoms with Crippen LogP contribution in [0.2, 0.25) is 0 Å². The van der Waals surface area contributed by atoms with E-state index in [9.17, 15) is 13.8 Å². The van der Waals surface area contributed by atoms with E-state index >= 15 is 0 Å². The minimum Gasteiger partial charge on any atom is -0.481 e. The Morgan fingerprint density at radius 3 is 2.29 bits per heavy atom. The Kier molecular flexibility index (Phi) is 6.08. The van der Waals surface area contributed by atoms with Crippen LogP contribution in [0.15, 0.2) is 29.2 Å². The summed E-state index contributed by atoms with van der Waals surface area (Å²) in [5, 5.41) is 11.5. The molecule has 21 heavy (non-hydrogen) atoms. The smallest absolute Gasteiger partial charge is 0.307 e. The Hall–Kier alpha value is -1.69. The van der Waals surface area contributed by atoms with Gasteiger partial charge in [-0.2, -0.15) is 0 Å². The first-order valence-electron chi connectivity index (χ1n) is 6.73. The van der Waals surface area contributed by atoms with Crippen molar-refractivity contribution in [3.05, 3.63) is 29.8 Å². The number of nitrogens with one attached hydrogen (secondary N) is 1. The molecule has 1 atom stereocenters. The van der Waals surface area contributed by atoms with Crippen LogP contribution in [0.25, 0.3) is 0 Å². The maximum Gasteiger partial charge on any atom is 0.307 e. The van der Waals surface area contributed by atoms with Gasteiger partial charge in [0.2, 0.25) is 5.91 Å². The van der Waals surface area contributed by atoms with Gasteiger partial charge in [-0.15, -0.1) is 0 Å². The van der Waals surface area contributed by atoms with Crippen molar-refractivity contribution in [3.63, 3.8) is 0 Å². The average molecular weight is 311 g/mol. The number of aliphatic carboxylic acids is 1. The molecule has 0 aromatic heterocycles. The first kappa shape index (κ1) is 17.4. The maximum absolute atomic E-state index is 12.1. The summed E-state index contributed by atoms with van der Waals surface area (Å²) in [6, 6.07) is 6.45. The van der Waals surface area contributed by atoms with E-state index in [0.717, 1.165) is 6.42 Å². The van der Waals surface area contributed by atoms with E-state index in [1.165, 1.54) is 0 Å². The molecule has 0 spiro atoms. The van der Waals surface area contributed by atoms with E-state index in [1.54, 1.807) is 24.3 Å². The number of rotatable bonds is 7. The minimum atomic E-state index is -1.43. The fourth-order valence-corrected chi connectivity index (χ4v) is 2.55. The van der Waals surface area contributed by atoms with E-state index in [0.29, 0.717) is 10.5 Å². The zero-order chi connectivity index (χ0) is 16.0. The summed E-state index contributed by atoms with van der Waals surface area (Å²) in [7, 11) is -1.43. The lowest BCUT2D eigenvalue weighted by molar-refractivity contribution is -0.136. The summed E-state index contributed by atoms with van der Waals surface area (Å²) < 4.78 is 12.1. The van der Waals surface area contributed by atoms with Crippen molar-refractivity contribution in [2.24, 2.45) is 0 Å². The Labute approximate surface area is 127 Å². The summed E-state index contributed by atoms with van der Waals surface area (Å²) in [6.07, 6.45) is 0.716. The molecule has 0 aliphatic carbocycles. The fraction of sp³-hybridized carbons (Fsp3) is 0.467. The fourth-order valence-electron chi connectivity index (χ4n) is 1.64. The van der Waals surface area contributed by atoms with Gasteiger partial charge in [0.05, 0.1) is 17.2 Å². The molecule has 0 radical (unpaired) electrons. The zero-order valence-corrected chi connectivity index (χ0v) is 13.3. The van der Waals surface area contributed by atoms with E-state index in [-0.39, 0.29) is 23.6 Å². The molecule has 6 heteroatoms.